The van der Waals surface area contributed by atoms with Crippen LogP contribution in [0.3, 0.4) is 0 Å². The summed E-state index contributed by atoms with van der Waals surface area (Å²) in [6.45, 7) is 6.50. The minimum absolute atomic E-state index is 0.446. The molecule has 2 aromatic rings. The summed E-state index contributed by atoms with van der Waals surface area (Å²) in [6, 6.07) is 13.0. The van der Waals surface area contributed by atoms with Crippen molar-refractivity contribution in [2.45, 2.75) is 38.5 Å². The van der Waals surface area contributed by atoms with Gasteiger partial charge in [0.1, 0.15) is 12.1 Å². The summed E-state index contributed by atoms with van der Waals surface area (Å²) in [5.74, 6) is 2.13. The summed E-state index contributed by atoms with van der Waals surface area (Å²) in [5.41, 5.74) is 2.57. The lowest BCUT2D eigenvalue weighted by atomic mass is 9.90. The number of hydrogen-bond acceptors (Lipinski definition) is 3. The average molecular weight is 281 g/mol. The molecule has 1 fully saturated rings. The van der Waals surface area contributed by atoms with Crippen LogP contribution >= 0.6 is 0 Å². The molecule has 3 nitrogen and oxygen atoms in total. The Labute approximate surface area is 127 Å². The Balaban J connectivity index is 1.78. The first-order chi connectivity index (χ1) is 10.2. The van der Waals surface area contributed by atoms with Gasteiger partial charge in [-0.15, -0.1) is 0 Å². The van der Waals surface area contributed by atoms with Crippen molar-refractivity contribution in [1.82, 2.24) is 9.97 Å². The second-order valence-corrected chi connectivity index (χ2v) is 6.15. The van der Waals surface area contributed by atoms with E-state index in [0.717, 1.165) is 24.6 Å². The van der Waals surface area contributed by atoms with Gasteiger partial charge in [-0.05, 0) is 24.3 Å². The zero-order chi connectivity index (χ0) is 14.7. The van der Waals surface area contributed by atoms with Crippen LogP contribution in [0.15, 0.2) is 42.7 Å². The molecule has 3 rings (SSSR count). The fraction of sp³-hybridized carbons (Fsp3) is 0.444. The van der Waals surface area contributed by atoms with Crippen LogP contribution in [0.25, 0.3) is 0 Å². The van der Waals surface area contributed by atoms with E-state index in [1.54, 1.807) is 6.33 Å². The highest BCUT2D eigenvalue weighted by Gasteiger charge is 2.22. The number of rotatable bonds is 3. The van der Waals surface area contributed by atoms with Gasteiger partial charge in [0, 0.05) is 30.8 Å². The van der Waals surface area contributed by atoms with E-state index in [0.29, 0.717) is 11.8 Å². The lowest BCUT2D eigenvalue weighted by Gasteiger charge is -2.34. The predicted octanol–water partition coefficient (Wildman–Crippen LogP) is 3.98. The van der Waals surface area contributed by atoms with Crippen LogP contribution in [0.4, 0.5) is 5.82 Å². The fourth-order valence-electron chi connectivity index (χ4n) is 3.03. The Morgan fingerprint density at radius 2 is 1.95 bits per heavy atom. The van der Waals surface area contributed by atoms with Crippen molar-refractivity contribution in [2.24, 2.45) is 0 Å². The Morgan fingerprint density at radius 3 is 2.71 bits per heavy atom. The molecule has 1 aromatic heterocycles. The van der Waals surface area contributed by atoms with Crippen LogP contribution in [0.5, 0.6) is 0 Å². The Bertz CT molecular complexity index is 580. The van der Waals surface area contributed by atoms with E-state index in [4.69, 9.17) is 0 Å². The molecule has 0 unspecified atom stereocenters. The maximum absolute atomic E-state index is 4.49. The van der Waals surface area contributed by atoms with Crippen LogP contribution in [-0.2, 0) is 0 Å². The molecular formula is C18H23N3. The minimum Gasteiger partial charge on any atom is -0.356 e. The van der Waals surface area contributed by atoms with Crippen molar-refractivity contribution in [1.29, 1.82) is 0 Å². The zero-order valence-electron chi connectivity index (χ0n) is 12.9. The topological polar surface area (TPSA) is 29.0 Å². The van der Waals surface area contributed by atoms with E-state index in [1.807, 2.05) is 0 Å². The van der Waals surface area contributed by atoms with Crippen molar-refractivity contribution in [3.63, 3.8) is 0 Å². The predicted molar refractivity (Wildman–Crippen MR) is 86.8 cm³/mol. The van der Waals surface area contributed by atoms with E-state index in [9.17, 15) is 0 Å². The van der Waals surface area contributed by atoms with Crippen molar-refractivity contribution >= 4 is 5.82 Å². The molecule has 110 valence electrons. The van der Waals surface area contributed by atoms with Gasteiger partial charge in [0.05, 0.1) is 0 Å². The molecule has 0 aliphatic carbocycles. The molecule has 1 saturated heterocycles. The van der Waals surface area contributed by atoms with Gasteiger partial charge in [-0.1, -0.05) is 44.2 Å². The second kappa shape index (κ2) is 6.25. The second-order valence-electron chi connectivity index (χ2n) is 6.15. The largest absolute Gasteiger partial charge is 0.356 e. The van der Waals surface area contributed by atoms with Crippen LogP contribution in [-0.4, -0.2) is 23.1 Å². The lowest BCUT2D eigenvalue weighted by Crippen LogP contribution is -2.35. The molecule has 0 amide bonds. The molecule has 3 heteroatoms. The summed E-state index contributed by atoms with van der Waals surface area (Å²) in [4.78, 5) is 11.3. The highest BCUT2D eigenvalue weighted by molar-refractivity contribution is 5.41. The van der Waals surface area contributed by atoms with Crippen LogP contribution in [0.2, 0.25) is 0 Å². The number of nitrogens with zero attached hydrogens (tertiary/aromatic N) is 3. The van der Waals surface area contributed by atoms with Gasteiger partial charge in [0.15, 0.2) is 0 Å². The van der Waals surface area contributed by atoms with Crippen LogP contribution < -0.4 is 4.90 Å². The maximum atomic E-state index is 4.49. The lowest BCUT2D eigenvalue weighted by molar-refractivity contribution is 0.506. The molecule has 1 aromatic carbocycles. The number of anilines is 1. The molecule has 1 aliphatic rings. The number of aromatic nitrogens is 2. The number of benzene rings is 1. The normalized spacial score (nSPS) is 19.0. The molecule has 2 heterocycles. The molecule has 0 spiro atoms. The van der Waals surface area contributed by atoms with E-state index < -0.39 is 0 Å². The highest BCUT2D eigenvalue weighted by atomic mass is 15.2. The first-order valence-corrected chi connectivity index (χ1v) is 7.86. The number of hydrogen-bond donors (Lipinski definition) is 0. The fourth-order valence-corrected chi connectivity index (χ4v) is 3.03. The molecule has 0 N–H and O–H groups in total. The third-order valence-corrected chi connectivity index (χ3v) is 4.28. The minimum atomic E-state index is 0.446. The van der Waals surface area contributed by atoms with Crippen LogP contribution in [0.1, 0.15) is 49.8 Å². The monoisotopic (exact) mass is 281 g/mol. The first kappa shape index (κ1) is 14.1. The highest BCUT2D eigenvalue weighted by Crippen LogP contribution is 2.29. The molecule has 0 saturated carbocycles. The summed E-state index contributed by atoms with van der Waals surface area (Å²) < 4.78 is 0. The SMILES string of the molecule is CC(C)c1cc(N2CCC[C@H](c3ccccc3)C2)ncn1. The van der Waals surface area contributed by atoms with E-state index in [-0.39, 0.29) is 0 Å². The summed E-state index contributed by atoms with van der Waals surface area (Å²) in [7, 11) is 0. The van der Waals surface area contributed by atoms with Gasteiger partial charge in [0.25, 0.3) is 0 Å². The Hall–Kier alpha value is -1.90. The quantitative estimate of drug-likeness (QED) is 0.852. The smallest absolute Gasteiger partial charge is 0.132 e. The Morgan fingerprint density at radius 1 is 1.14 bits per heavy atom. The van der Waals surface area contributed by atoms with Crippen molar-refractivity contribution < 1.29 is 0 Å². The first-order valence-electron chi connectivity index (χ1n) is 7.86. The summed E-state index contributed by atoms with van der Waals surface area (Å²) in [5, 5.41) is 0. The standard InChI is InChI=1S/C18H23N3/c1-14(2)17-11-18(20-13-19-17)21-10-6-9-16(12-21)15-7-4-3-5-8-15/h3-5,7-8,11,13-14,16H,6,9-10,12H2,1-2H3/t16-/m0/s1. The third-order valence-electron chi connectivity index (χ3n) is 4.28. The van der Waals surface area contributed by atoms with Gasteiger partial charge < -0.3 is 4.90 Å². The van der Waals surface area contributed by atoms with Gasteiger partial charge in [0.2, 0.25) is 0 Å². The molecule has 21 heavy (non-hydrogen) atoms. The van der Waals surface area contributed by atoms with Crippen molar-refractivity contribution in [3.05, 3.63) is 54.0 Å². The van der Waals surface area contributed by atoms with Gasteiger partial charge in [-0.25, -0.2) is 9.97 Å². The zero-order valence-corrected chi connectivity index (χ0v) is 12.9. The summed E-state index contributed by atoms with van der Waals surface area (Å²) >= 11 is 0. The van der Waals surface area contributed by atoms with E-state index in [2.05, 4.69) is 65.1 Å². The maximum Gasteiger partial charge on any atom is 0.132 e. The van der Waals surface area contributed by atoms with Gasteiger partial charge >= 0.3 is 0 Å². The van der Waals surface area contributed by atoms with E-state index >= 15 is 0 Å². The molecule has 0 bridgehead atoms. The van der Waals surface area contributed by atoms with Crippen LogP contribution in [0, 0.1) is 0 Å². The summed E-state index contributed by atoms with van der Waals surface area (Å²) in [6.07, 6.45) is 4.19. The average Bonchev–Trinajstić information content (AvgIpc) is 2.56. The third kappa shape index (κ3) is 3.23. The number of piperidine rings is 1. The molecule has 1 atom stereocenters. The Kier molecular flexibility index (Phi) is 4.18. The molecule has 1 aliphatic heterocycles. The molecule has 0 radical (unpaired) electrons. The van der Waals surface area contributed by atoms with E-state index in [1.165, 1.54) is 18.4 Å². The van der Waals surface area contributed by atoms with Gasteiger partial charge in [-0.2, -0.15) is 0 Å². The molecular weight excluding hydrogens is 258 g/mol. The van der Waals surface area contributed by atoms with Crippen molar-refractivity contribution in [3.8, 4) is 0 Å². The van der Waals surface area contributed by atoms with Crippen molar-refractivity contribution in [2.75, 3.05) is 18.0 Å². The van der Waals surface area contributed by atoms with Gasteiger partial charge in [-0.3, -0.25) is 0 Å².